The van der Waals surface area contributed by atoms with Gasteiger partial charge in [-0.2, -0.15) is 11.8 Å². The Bertz CT molecular complexity index is 340. The molecule has 1 aromatic heterocycles. The van der Waals surface area contributed by atoms with Gasteiger partial charge in [0, 0.05) is 24.5 Å². The minimum atomic E-state index is 0.584. The number of aryl methyl sites for hydroxylation is 1. The first kappa shape index (κ1) is 10.6. The van der Waals surface area contributed by atoms with Crippen molar-refractivity contribution >= 4 is 17.7 Å². The number of thioether (sulfide) groups is 1. The van der Waals surface area contributed by atoms with Gasteiger partial charge in [0.1, 0.15) is 0 Å². The Morgan fingerprint density at radius 2 is 2.67 bits per heavy atom. The molecule has 0 bridgehead atoms. The van der Waals surface area contributed by atoms with Crippen LogP contribution in [0.25, 0.3) is 0 Å². The van der Waals surface area contributed by atoms with E-state index in [1.165, 1.54) is 17.9 Å². The highest BCUT2D eigenvalue weighted by Crippen LogP contribution is 2.21. The monoisotopic (exact) mass is 223 g/mol. The lowest BCUT2D eigenvalue weighted by molar-refractivity contribution is 0.758. The summed E-state index contributed by atoms with van der Waals surface area (Å²) in [6.07, 6.45) is 5.20. The summed E-state index contributed by atoms with van der Waals surface area (Å²) in [4.78, 5) is 4.49. The number of allylic oxidation sites excluding steroid dienone is 1. The van der Waals surface area contributed by atoms with Crippen LogP contribution in [0.4, 0.5) is 5.95 Å². The Morgan fingerprint density at radius 1 is 1.80 bits per heavy atom. The Balaban J connectivity index is 2.07. The van der Waals surface area contributed by atoms with Gasteiger partial charge in [0.05, 0.1) is 5.69 Å². The second kappa shape index (κ2) is 4.75. The molecule has 0 spiro atoms. The molecule has 0 saturated carbocycles. The smallest absolute Gasteiger partial charge is 0.203 e. The van der Waals surface area contributed by atoms with Crippen LogP contribution in [0.3, 0.4) is 0 Å². The summed E-state index contributed by atoms with van der Waals surface area (Å²) in [6.45, 7) is 6.60. The van der Waals surface area contributed by atoms with Gasteiger partial charge in [0.15, 0.2) is 0 Å². The first-order chi connectivity index (χ1) is 7.29. The van der Waals surface area contributed by atoms with Gasteiger partial charge < -0.3 is 9.88 Å². The van der Waals surface area contributed by atoms with E-state index < -0.39 is 0 Å². The molecular weight excluding hydrogens is 206 g/mol. The first-order valence-electron chi connectivity index (χ1n) is 5.28. The van der Waals surface area contributed by atoms with Gasteiger partial charge in [-0.3, -0.25) is 0 Å². The summed E-state index contributed by atoms with van der Waals surface area (Å²) < 4.78 is 2.12. The number of hydrogen-bond acceptors (Lipinski definition) is 3. The van der Waals surface area contributed by atoms with Gasteiger partial charge in [-0.05, 0) is 19.1 Å². The Kier molecular flexibility index (Phi) is 3.36. The fourth-order valence-corrected chi connectivity index (χ4v) is 2.92. The second-order valence-corrected chi connectivity index (χ2v) is 5.00. The zero-order chi connectivity index (χ0) is 10.7. The van der Waals surface area contributed by atoms with Crippen molar-refractivity contribution in [3.63, 3.8) is 0 Å². The first-order valence-corrected chi connectivity index (χ1v) is 6.44. The molecule has 0 aromatic carbocycles. The van der Waals surface area contributed by atoms with Gasteiger partial charge >= 0.3 is 0 Å². The van der Waals surface area contributed by atoms with Crippen molar-refractivity contribution in [1.29, 1.82) is 0 Å². The van der Waals surface area contributed by atoms with Crippen molar-refractivity contribution in [1.82, 2.24) is 9.55 Å². The predicted molar refractivity (Wildman–Crippen MR) is 66.5 cm³/mol. The Morgan fingerprint density at radius 3 is 3.33 bits per heavy atom. The van der Waals surface area contributed by atoms with Crippen molar-refractivity contribution in [3.8, 4) is 0 Å². The summed E-state index contributed by atoms with van der Waals surface area (Å²) in [5.74, 6) is 3.44. The van der Waals surface area contributed by atoms with E-state index in [4.69, 9.17) is 0 Å². The number of hydrogen-bond donors (Lipinski definition) is 1. The molecule has 0 radical (unpaired) electrons. The van der Waals surface area contributed by atoms with Gasteiger partial charge in [-0.1, -0.05) is 6.08 Å². The molecule has 1 aliphatic heterocycles. The quantitative estimate of drug-likeness (QED) is 0.794. The van der Waals surface area contributed by atoms with Crippen LogP contribution in [0, 0.1) is 6.92 Å². The number of aromatic nitrogens is 2. The lowest BCUT2D eigenvalue weighted by atomic mass is 10.3. The van der Waals surface area contributed by atoms with Crippen LogP contribution in [-0.4, -0.2) is 27.1 Å². The van der Waals surface area contributed by atoms with Crippen molar-refractivity contribution in [2.24, 2.45) is 0 Å². The van der Waals surface area contributed by atoms with E-state index in [2.05, 4.69) is 27.6 Å². The Labute approximate surface area is 95.0 Å². The molecule has 82 valence electrons. The van der Waals surface area contributed by atoms with Crippen LogP contribution in [0.15, 0.2) is 18.9 Å². The van der Waals surface area contributed by atoms with E-state index in [0.29, 0.717) is 6.04 Å². The SMILES string of the molecule is C=CCn1cc(C)nc1NC1CCSC1. The molecule has 1 saturated heterocycles. The van der Waals surface area contributed by atoms with E-state index in [9.17, 15) is 0 Å². The molecular formula is C11H17N3S. The largest absolute Gasteiger partial charge is 0.352 e. The summed E-state index contributed by atoms with van der Waals surface area (Å²) in [7, 11) is 0. The standard InChI is InChI=1S/C11H17N3S/c1-3-5-14-7-9(2)12-11(14)13-10-4-6-15-8-10/h3,7,10H,1,4-6,8H2,2H3,(H,12,13). The van der Waals surface area contributed by atoms with E-state index in [1.54, 1.807) is 0 Å². The summed E-state index contributed by atoms with van der Waals surface area (Å²) in [6, 6.07) is 0.584. The van der Waals surface area contributed by atoms with E-state index in [1.807, 2.05) is 24.8 Å². The molecule has 3 nitrogen and oxygen atoms in total. The van der Waals surface area contributed by atoms with Crippen molar-refractivity contribution in [2.75, 3.05) is 16.8 Å². The zero-order valence-corrected chi connectivity index (χ0v) is 9.89. The topological polar surface area (TPSA) is 29.9 Å². The van der Waals surface area contributed by atoms with Crippen LogP contribution in [0.5, 0.6) is 0 Å². The third-order valence-corrected chi connectivity index (χ3v) is 3.65. The molecule has 4 heteroatoms. The lowest BCUT2D eigenvalue weighted by Crippen LogP contribution is -2.20. The van der Waals surface area contributed by atoms with Crippen LogP contribution < -0.4 is 5.32 Å². The van der Waals surface area contributed by atoms with Crippen molar-refractivity contribution in [2.45, 2.75) is 25.9 Å². The van der Waals surface area contributed by atoms with Crippen LogP contribution in [-0.2, 0) is 6.54 Å². The molecule has 1 atom stereocenters. The van der Waals surface area contributed by atoms with Gasteiger partial charge in [-0.25, -0.2) is 4.98 Å². The highest BCUT2D eigenvalue weighted by atomic mass is 32.2. The third-order valence-electron chi connectivity index (χ3n) is 2.49. The molecule has 1 aromatic rings. The summed E-state index contributed by atoms with van der Waals surface area (Å²) in [5.41, 5.74) is 1.06. The molecule has 2 heterocycles. The number of anilines is 1. The minimum absolute atomic E-state index is 0.584. The highest BCUT2D eigenvalue weighted by Gasteiger charge is 2.17. The predicted octanol–water partition coefficient (Wildman–Crippen LogP) is 2.29. The molecule has 2 rings (SSSR count). The molecule has 0 aliphatic carbocycles. The molecule has 1 unspecified atom stereocenters. The zero-order valence-electron chi connectivity index (χ0n) is 9.07. The number of nitrogens with zero attached hydrogens (tertiary/aromatic N) is 2. The van der Waals surface area contributed by atoms with Crippen LogP contribution in [0.1, 0.15) is 12.1 Å². The maximum Gasteiger partial charge on any atom is 0.203 e. The Hall–Kier alpha value is -0.900. The maximum absolute atomic E-state index is 4.49. The fourth-order valence-electron chi connectivity index (χ4n) is 1.77. The van der Waals surface area contributed by atoms with E-state index >= 15 is 0 Å². The van der Waals surface area contributed by atoms with Crippen molar-refractivity contribution < 1.29 is 0 Å². The number of nitrogens with one attached hydrogen (secondary N) is 1. The molecule has 1 aliphatic rings. The van der Waals surface area contributed by atoms with Crippen LogP contribution in [0.2, 0.25) is 0 Å². The minimum Gasteiger partial charge on any atom is -0.352 e. The van der Waals surface area contributed by atoms with Crippen molar-refractivity contribution in [3.05, 3.63) is 24.5 Å². The maximum atomic E-state index is 4.49. The van der Waals surface area contributed by atoms with Gasteiger partial charge in [0.25, 0.3) is 0 Å². The van der Waals surface area contributed by atoms with Gasteiger partial charge in [0.2, 0.25) is 5.95 Å². The normalized spacial score (nSPS) is 20.5. The summed E-state index contributed by atoms with van der Waals surface area (Å²) >= 11 is 2.01. The molecule has 1 N–H and O–H groups in total. The van der Waals surface area contributed by atoms with E-state index in [0.717, 1.165) is 18.2 Å². The average molecular weight is 223 g/mol. The molecule has 0 amide bonds. The van der Waals surface area contributed by atoms with Gasteiger partial charge in [-0.15, -0.1) is 6.58 Å². The third kappa shape index (κ3) is 2.56. The van der Waals surface area contributed by atoms with Crippen LogP contribution >= 0.6 is 11.8 Å². The van der Waals surface area contributed by atoms with E-state index in [-0.39, 0.29) is 0 Å². The lowest BCUT2D eigenvalue weighted by Gasteiger charge is -2.12. The fraction of sp³-hybridized carbons (Fsp3) is 0.545. The number of imidazole rings is 1. The molecule has 15 heavy (non-hydrogen) atoms. The second-order valence-electron chi connectivity index (χ2n) is 3.85. The highest BCUT2D eigenvalue weighted by molar-refractivity contribution is 7.99. The average Bonchev–Trinajstić information content (AvgIpc) is 2.78. The number of rotatable bonds is 4. The summed E-state index contributed by atoms with van der Waals surface area (Å²) in [5, 5.41) is 3.50. The molecule has 1 fully saturated rings.